The number of nitrogens with one attached hydrogen (secondary N) is 1. The zero-order valence-electron chi connectivity index (χ0n) is 13.8. The molecule has 2 amide bonds. The van der Waals surface area contributed by atoms with Crippen LogP contribution in [0.3, 0.4) is 0 Å². The van der Waals surface area contributed by atoms with E-state index in [0.717, 1.165) is 24.2 Å². The molecule has 124 valence electrons. The van der Waals surface area contributed by atoms with Crippen LogP contribution in [0.4, 0.5) is 0 Å². The SMILES string of the molecule is CN(C)CC(=O)N1CCN(C(=O)c2cccc3c2CNC3)CC1. The number of amides is 2. The second kappa shape index (κ2) is 6.68. The Labute approximate surface area is 137 Å². The van der Waals surface area contributed by atoms with Crippen molar-refractivity contribution in [3.8, 4) is 0 Å². The molecule has 1 aromatic carbocycles. The zero-order valence-corrected chi connectivity index (χ0v) is 13.8. The number of carbonyl (C=O) groups excluding carboxylic acids is 2. The van der Waals surface area contributed by atoms with Crippen molar-refractivity contribution in [3.05, 3.63) is 34.9 Å². The van der Waals surface area contributed by atoms with Gasteiger partial charge in [0.05, 0.1) is 6.54 Å². The molecule has 0 spiro atoms. The van der Waals surface area contributed by atoms with Gasteiger partial charge < -0.3 is 20.0 Å². The number of benzene rings is 1. The number of piperazine rings is 1. The third-order valence-corrected chi connectivity index (χ3v) is 4.49. The predicted octanol–water partition coefficient (Wildman–Crippen LogP) is 0.136. The Balaban J connectivity index is 1.63. The van der Waals surface area contributed by atoms with E-state index >= 15 is 0 Å². The number of likely N-dealkylation sites (N-methyl/N-ethyl adjacent to an activating group) is 1. The van der Waals surface area contributed by atoms with Gasteiger partial charge in [0.15, 0.2) is 0 Å². The van der Waals surface area contributed by atoms with Gasteiger partial charge in [-0.05, 0) is 31.3 Å². The summed E-state index contributed by atoms with van der Waals surface area (Å²) < 4.78 is 0. The van der Waals surface area contributed by atoms with E-state index in [2.05, 4.69) is 11.4 Å². The van der Waals surface area contributed by atoms with Crippen molar-refractivity contribution in [2.45, 2.75) is 13.1 Å². The molecule has 0 aromatic heterocycles. The van der Waals surface area contributed by atoms with E-state index in [0.29, 0.717) is 32.7 Å². The maximum atomic E-state index is 12.8. The van der Waals surface area contributed by atoms with Crippen molar-refractivity contribution in [1.82, 2.24) is 20.0 Å². The molecule has 2 aliphatic rings. The minimum Gasteiger partial charge on any atom is -0.338 e. The van der Waals surface area contributed by atoms with Crippen LogP contribution in [0.2, 0.25) is 0 Å². The number of rotatable bonds is 3. The molecule has 1 saturated heterocycles. The van der Waals surface area contributed by atoms with Crippen molar-refractivity contribution < 1.29 is 9.59 Å². The highest BCUT2D eigenvalue weighted by molar-refractivity contribution is 5.96. The van der Waals surface area contributed by atoms with Crippen molar-refractivity contribution in [2.75, 3.05) is 46.8 Å². The van der Waals surface area contributed by atoms with E-state index < -0.39 is 0 Å². The van der Waals surface area contributed by atoms with Gasteiger partial charge in [0.25, 0.3) is 5.91 Å². The molecule has 0 unspecified atom stereocenters. The van der Waals surface area contributed by atoms with E-state index in [1.807, 2.05) is 40.9 Å². The smallest absolute Gasteiger partial charge is 0.254 e. The van der Waals surface area contributed by atoms with Crippen LogP contribution in [-0.2, 0) is 17.9 Å². The lowest BCUT2D eigenvalue weighted by atomic mass is 10.0. The normalized spacial score (nSPS) is 17.5. The fourth-order valence-electron chi connectivity index (χ4n) is 3.23. The van der Waals surface area contributed by atoms with E-state index in [4.69, 9.17) is 0 Å². The molecule has 1 fully saturated rings. The first-order valence-corrected chi connectivity index (χ1v) is 8.09. The summed E-state index contributed by atoms with van der Waals surface area (Å²) in [5, 5.41) is 3.30. The number of fused-ring (bicyclic) bond motifs is 1. The molecule has 0 radical (unpaired) electrons. The average molecular weight is 316 g/mol. The first-order chi connectivity index (χ1) is 11.1. The Morgan fingerprint density at radius 2 is 1.78 bits per heavy atom. The monoisotopic (exact) mass is 316 g/mol. The Morgan fingerprint density at radius 1 is 1.09 bits per heavy atom. The number of hydrogen-bond acceptors (Lipinski definition) is 4. The third kappa shape index (κ3) is 3.38. The first-order valence-electron chi connectivity index (χ1n) is 8.09. The lowest BCUT2D eigenvalue weighted by Crippen LogP contribution is -2.52. The molecule has 1 aromatic rings. The molecule has 6 heteroatoms. The summed E-state index contributed by atoms with van der Waals surface area (Å²) in [7, 11) is 3.78. The molecular weight excluding hydrogens is 292 g/mol. The zero-order chi connectivity index (χ0) is 16.4. The van der Waals surface area contributed by atoms with Crippen molar-refractivity contribution in [1.29, 1.82) is 0 Å². The summed E-state index contributed by atoms with van der Waals surface area (Å²) >= 11 is 0. The molecule has 23 heavy (non-hydrogen) atoms. The standard InChI is InChI=1S/C17H24N4O2/c1-19(2)12-16(22)20-6-8-21(9-7-20)17(23)14-5-3-4-13-10-18-11-15(13)14/h3-5,18H,6-12H2,1-2H3. The van der Waals surface area contributed by atoms with Crippen LogP contribution < -0.4 is 5.32 Å². The summed E-state index contributed by atoms with van der Waals surface area (Å²) in [5.41, 5.74) is 3.15. The van der Waals surface area contributed by atoms with Crippen LogP contribution >= 0.6 is 0 Å². The molecule has 0 bridgehead atoms. The molecule has 2 aliphatic heterocycles. The lowest BCUT2D eigenvalue weighted by molar-refractivity contribution is -0.133. The highest BCUT2D eigenvalue weighted by Crippen LogP contribution is 2.21. The summed E-state index contributed by atoms with van der Waals surface area (Å²) in [4.78, 5) is 30.5. The summed E-state index contributed by atoms with van der Waals surface area (Å²) in [5.74, 6) is 0.220. The molecule has 0 saturated carbocycles. The number of carbonyl (C=O) groups is 2. The van der Waals surface area contributed by atoms with Gasteiger partial charge in [0.2, 0.25) is 5.91 Å². The second-order valence-corrected chi connectivity index (χ2v) is 6.46. The van der Waals surface area contributed by atoms with Crippen LogP contribution in [0.25, 0.3) is 0 Å². The van der Waals surface area contributed by atoms with Gasteiger partial charge in [0.1, 0.15) is 0 Å². The van der Waals surface area contributed by atoms with Crippen LogP contribution in [-0.4, -0.2) is 73.3 Å². The third-order valence-electron chi connectivity index (χ3n) is 4.49. The van der Waals surface area contributed by atoms with Crippen molar-refractivity contribution in [3.63, 3.8) is 0 Å². The van der Waals surface area contributed by atoms with Crippen LogP contribution in [0.5, 0.6) is 0 Å². The van der Waals surface area contributed by atoms with E-state index in [1.54, 1.807) is 0 Å². The predicted molar refractivity (Wildman–Crippen MR) is 88.0 cm³/mol. The lowest BCUT2D eigenvalue weighted by Gasteiger charge is -2.35. The van der Waals surface area contributed by atoms with Crippen molar-refractivity contribution >= 4 is 11.8 Å². The summed E-state index contributed by atoms with van der Waals surface area (Å²) in [6.45, 7) is 4.47. The molecule has 0 atom stereocenters. The maximum absolute atomic E-state index is 12.8. The minimum atomic E-state index is 0.0882. The van der Waals surface area contributed by atoms with E-state index in [9.17, 15) is 9.59 Å². The van der Waals surface area contributed by atoms with E-state index in [-0.39, 0.29) is 11.8 Å². The Hall–Kier alpha value is -1.92. The molecule has 2 heterocycles. The Kier molecular flexibility index (Phi) is 4.63. The largest absolute Gasteiger partial charge is 0.338 e. The average Bonchev–Trinajstić information content (AvgIpc) is 3.02. The van der Waals surface area contributed by atoms with Crippen LogP contribution in [0.15, 0.2) is 18.2 Å². The first kappa shape index (κ1) is 16.0. The van der Waals surface area contributed by atoms with Crippen LogP contribution in [0.1, 0.15) is 21.5 Å². The molecular formula is C17H24N4O2. The highest BCUT2D eigenvalue weighted by atomic mass is 16.2. The number of nitrogens with zero attached hydrogens (tertiary/aromatic N) is 3. The Bertz CT molecular complexity index is 607. The van der Waals surface area contributed by atoms with Gasteiger partial charge in [-0.15, -0.1) is 0 Å². The topological polar surface area (TPSA) is 55.9 Å². The van der Waals surface area contributed by atoms with Gasteiger partial charge >= 0.3 is 0 Å². The summed E-state index contributed by atoms with van der Waals surface area (Å²) in [6, 6.07) is 5.94. The summed E-state index contributed by atoms with van der Waals surface area (Å²) in [6.07, 6.45) is 0. The molecule has 1 N–H and O–H groups in total. The second-order valence-electron chi connectivity index (χ2n) is 6.46. The molecule has 3 rings (SSSR count). The highest BCUT2D eigenvalue weighted by Gasteiger charge is 2.27. The van der Waals surface area contributed by atoms with Gasteiger partial charge in [-0.1, -0.05) is 12.1 Å². The van der Waals surface area contributed by atoms with Crippen LogP contribution in [0, 0.1) is 0 Å². The van der Waals surface area contributed by atoms with Gasteiger partial charge in [-0.3, -0.25) is 9.59 Å². The van der Waals surface area contributed by atoms with E-state index in [1.165, 1.54) is 5.56 Å². The fourth-order valence-corrected chi connectivity index (χ4v) is 3.23. The maximum Gasteiger partial charge on any atom is 0.254 e. The van der Waals surface area contributed by atoms with Crippen molar-refractivity contribution in [2.24, 2.45) is 0 Å². The minimum absolute atomic E-state index is 0.0882. The fraction of sp³-hybridized carbons (Fsp3) is 0.529. The van der Waals surface area contributed by atoms with Gasteiger partial charge in [-0.2, -0.15) is 0 Å². The Morgan fingerprint density at radius 3 is 2.48 bits per heavy atom. The number of hydrogen-bond donors (Lipinski definition) is 1. The van der Waals surface area contributed by atoms with Gasteiger partial charge in [0, 0.05) is 44.8 Å². The molecule has 0 aliphatic carbocycles. The molecule has 6 nitrogen and oxygen atoms in total. The van der Waals surface area contributed by atoms with Gasteiger partial charge in [-0.25, -0.2) is 0 Å². The quantitative estimate of drug-likeness (QED) is 0.862.